The van der Waals surface area contributed by atoms with Crippen LogP contribution in [0.1, 0.15) is 13.3 Å². The molecule has 1 saturated heterocycles. The van der Waals surface area contributed by atoms with Gasteiger partial charge in [0.25, 0.3) is 0 Å². The maximum atomic E-state index is 11.4. The topological polar surface area (TPSA) is 20.3 Å². The molecular formula is C8H14ClNOS. The Kier molecular flexibility index (Phi) is 4.22. The molecule has 0 spiro atoms. The number of hydrogen-bond acceptors (Lipinski definition) is 2. The lowest BCUT2D eigenvalue weighted by Gasteiger charge is -2.30. The zero-order chi connectivity index (χ0) is 8.97. The average Bonchev–Trinajstić information content (AvgIpc) is 2.05. The van der Waals surface area contributed by atoms with Crippen LogP contribution in [0, 0.1) is 0 Å². The minimum Gasteiger partial charge on any atom is -0.341 e. The Morgan fingerprint density at radius 2 is 2.50 bits per heavy atom. The lowest BCUT2D eigenvalue weighted by molar-refractivity contribution is -0.130. The van der Waals surface area contributed by atoms with Gasteiger partial charge in [0.2, 0.25) is 5.91 Å². The number of alkyl halides is 1. The van der Waals surface area contributed by atoms with Gasteiger partial charge in [0.1, 0.15) is 0 Å². The molecule has 0 bridgehead atoms. The van der Waals surface area contributed by atoms with Crippen molar-refractivity contribution in [3.63, 3.8) is 0 Å². The van der Waals surface area contributed by atoms with E-state index >= 15 is 0 Å². The molecule has 1 unspecified atom stereocenters. The molecule has 70 valence electrons. The number of carbonyl (C=O) groups is 1. The molecule has 2 nitrogen and oxygen atoms in total. The van der Waals surface area contributed by atoms with Crippen LogP contribution in [0.2, 0.25) is 0 Å². The second-order valence-electron chi connectivity index (χ2n) is 2.96. The van der Waals surface area contributed by atoms with E-state index in [-0.39, 0.29) is 5.91 Å². The predicted octanol–water partition coefficient (Wildman–Crippen LogP) is 1.58. The van der Waals surface area contributed by atoms with Crippen LogP contribution in [0.4, 0.5) is 0 Å². The second-order valence-corrected chi connectivity index (χ2v) is 4.88. The fourth-order valence-corrected chi connectivity index (χ4v) is 2.46. The van der Waals surface area contributed by atoms with Gasteiger partial charge in [-0.3, -0.25) is 4.79 Å². The van der Waals surface area contributed by atoms with E-state index in [1.807, 2.05) is 16.7 Å². The highest BCUT2D eigenvalue weighted by Gasteiger charge is 2.20. The molecule has 0 radical (unpaired) electrons. The van der Waals surface area contributed by atoms with E-state index in [1.165, 1.54) is 0 Å². The summed E-state index contributed by atoms with van der Waals surface area (Å²) in [5, 5.41) is 0.582. The lowest BCUT2D eigenvalue weighted by Crippen LogP contribution is -2.41. The molecule has 1 aliphatic rings. The van der Waals surface area contributed by atoms with Crippen molar-refractivity contribution in [2.75, 3.05) is 24.7 Å². The fraction of sp³-hybridized carbons (Fsp3) is 0.875. The molecule has 0 saturated carbocycles. The highest BCUT2D eigenvalue weighted by Crippen LogP contribution is 2.18. The minimum absolute atomic E-state index is 0.206. The number of nitrogens with zero attached hydrogens (tertiary/aromatic N) is 1. The van der Waals surface area contributed by atoms with Gasteiger partial charge in [-0.05, 0) is 0 Å². The van der Waals surface area contributed by atoms with Crippen LogP contribution in [0.3, 0.4) is 0 Å². The van der Waals surface area contributed by atoms with E-state index < -0.39 is 0 Å². The van der Waals surface area contributed by atoms with Crippen LogP contribution in [0.15, 0.2) is 0 Å². The van der Waals surface area contributed by atoms with E-state index in [2.05, 4.69) is 6.92 Å². The smallest absolute Gasteiger partial charge is 0.223 e. The molecule has 1 amide bonds. The molecular weight excluding hydrogens is 194 g/mol. The summed E-state index contributed by atoms with van der Waals surface area (Å²) in [6.45, 7) is 3.94. The van der Waals surface area contributed by atoms with Gasteiger partial charge in [-0.2, -0.15) is 11.8 Å². The first-order valence-electron chi connectivity index (χ1n) is 4.19. The third kappa shape index (κ3) is 2.87. The number of hydrogen-bond donors (Lipinski definition) is 0. The zero-order valence-electron chi connectivity index (χ0n) is 7.25. The SMILES string of the molecule is CC1CN(C(=O)CCCl)CCS1. The Morgan fingerprint density at radius 1 is 1.75 bits per heavy atom. The molecule has 1 rings (SSSR count). The van der Waals surface area contributed by atoms with Gasteiger partial charge in [-0.15, -0.1) is 11.6 Å². The molecule has 12 heavy (non-hydrogen) atoms. The molecule has 0 aromatic carbocycles. The van der Waals surface area contributed by atoms with Crippen molar-refractivity contribution in [1.29, 1.82) is 0 Å². The molecule has 4 heteroatoms. The van der Waals surface area contributed by atoms with Gasteiger partial charge >= 0.3 is 0 Å². The molecule has 0 N–H and O–H groups in total. The summed E-state index contributed by atoms with van der Waals surface area (Å²) in [6.07, 6.45) is 0.485. The number of thioether (sulfide) groups is 1. The van der Waals surface area contributed by atoms with Crippen LogP contribution < -0.4 is 0 Å². The van der Waals surface area contributed by atoms with Crippen molar-refractivity contribution in [3.8, 4) is 0 Å². The highest BCUT2D eigenvalue weighted by atomic mass is 35.5. The molecule has 1 fully saturated rings. The van der Waals surface area contributed by atoms with Crippen molar-refractivity contribution in [3.05, 3.63) is 0 Å². The van der Waals surface area contributed by atoms with Crippen molar-refractivity contribution >= 4 is 29.3 Å². The standard InChI is InChI=1S/C8H14ClNOS/c1-7-6-10(4-5-12-7)8(11)2-3-9/h7H,2-6H2,1H3. The van der Waals surface area contributed by atoms with Crippen molar-refractivity contribution in [1.82, 2.24) is 4.90 Å². The third-order valence-electron chi connectivity index (χ3n) is 1.90. The van der Waals surface area contributed by atoms with Crippen molar-refractivity contribution < 1.29 is 4.79 Å². The summed E-state index contributed by atoms with van der Waals surface area (Å²) in [4.78, 5) is 13.3. The number of halogens is 1. The lowest BCUT2D eigenvalue weighted by atomic mass is 10.3. The van der Waals surface area contributed by atoms with Crippen LogP contribution in [-0.4, -0.2) is 40.8 Å². The summed E-state index contributed by atoms with van der Waals surface area (Å²) in [5.41, 5.74) is 0. The summed E-state index contributed by atoms with van der Waals surface area (Å²) < 4.78 is 0. The summed E-state index contributed by atoms with van der Waals surface area (Å²) >= 11 is 7.43. The monoisotopic (exact) mass is 207 g/mol. The fourth-order valence-electron chi connectivity index (χ4n) is 1.28. The van der Waals surface area contributed by atoms with E-state index in [0.717, 1.165) is 18.8 Å². The Bertz CT molecular complexity index is 165. The van der Waals surface area contributed by atoms with Gasteiger partial charge in [-0.1, -0.05) is 6.92 Å². The number of carbonyl (C=O) groups excluding carboxylic acids is 1. The average molecular weight is 208 g/mol. The Hall–Kier alpha value is 0.110. The van der Waals surface area contributed by atoms with Gasteiger partial charge in [0.05, 0.1) is 0 Å². The maximum Gasteiger partial charge on any atom is 0.223 e. The first kappa shape index (κ1) is 10.2. The Morgan fingerprint density at radius 3 is 3.08 bits per heavy atom. The van der Waals surface area contributed by atoms with Crippen molar-refractivity contribution in [2.24, 2.45) is 0 Å². The summed E-state index contributed by atoms with van der Waals surface area (Å²) in [7, 11) is 0. The predicted molar refractivity (Wildman–Crippen MR) is 53.8 cm³/mol. The minimum atomic E-state index is 0.206. The second kappa shape index (κ2) is 4.97. The normalized spacial score (nSPS) is 24.2. The van der Waals surface area contributed by atoms with Crippen LogP contribution in [0.5, 0.6) is 0 Å². The van der Waals surface area contributed by atoms with E-state index in [4.69, 9.17) is 11.6 Å². The summed E-state index contributed by atoms with van der Waals surface area (Å²) in [6, 6.07) is 0. The van der Waals surface area contributed by atoms with Gasteiger partial charge in [-0.25, -0.2) is 0 Å². The first-order valence-corrected chi connectivity index (χ1v) is 5.77. The molecule has 0 aliphatic carbocycles. The molecule has 1 atom stereocenters. The maximum absolute atomic E-state index is 11.4. The van der Waals surface area contributed by atoms with E-state index in [1.54, 1.807) is 0 Å². The van der Waals surface area contributed by atoms with E-state index in [0.29, 0.717) is 17.6 Å². The van der Waals surface area contributed by atoms with Gasteiger partial charge in [0.15, 0.2) is 0 Å². The summed E-state index contributed by atoms with van der Waals surface area (Å²) in [5.74, 6) is 1.71. The van der Waals surface area contributed by atoms with Crippen molar-refractivity contribution in [2.45, 2.75) is 18.6 Å². The van der Waals surface area contributed by atoms with Crippen LogP contribution in [-0.2, 0) is 4.79 Å². The van der Waals surface area contributed by atoms with Crippen LogP contribution in [0.25, 0.3) is 0 Å². The zero-order valence-corrected chi connectivity index (χ0v) is 8.83. The Balaban J connectivity index is 2.35. The molecule has 1 heterocycles. The molecule has 0 aromatic rings. The van der Waals surface area contributed by atoms with Crippen LogP contribution >= 0.6 is 23.4 Å². The largest absolute Gasteiger partial charge is 0.341 e. The Labute approximate surface area is 82.6 Å². The number of amides is 1. The third-order valence-corrected chi connectivity index (χ3v) is 3.23. The number of rotatable bonds is 2. The first-order chi connectivity index (χ1) is 5.74. The van der Waals surface area contributed by atoms with Gasteiger partial charge < -0.3 is 4.90 Å². The highest BCUT2D eigenvalue weighted by molar-refractivity contribution is 7.99. The molecule has 0 aromatic heterocycles. The quantitative estimate of drug-likeness (QED) is 0.641. The van der Waals surface area contributed by atoms with Gasteiger partial charge in [0, 0.05) is 36.4 Å². The molecule has 1 aliphatic heterocycles. The van der Waals surface area contributed by atoms with E-state index in [9.17, 15) is 4.79 Å².